The zero-order valence-corrected chi connectivity index (χ0v) is 15.7. The Kier molecular flexibility index (Phi) is 5.62. The van der Waals surface area contributed by atoms with Crippen LogP contribution >= 0.6 is 0 Å². The van der Waals surface area contributed by atoms with Gasteiger partial charge in [-0.25, -0.2) is 4.79 Å². The summed E-state index contributed by atoms with van der Waals surface area (Å²) in [6.07, 6.45) is -0.881. The highest BCUT2D eigenvalue weighted by Gasteiger charge is 2.20. The Hall–Kier alpha value is -2.62. The molecule has 4 heteroatoms. The van der Waals surface area contributed by atoms with Crippen molar-refractivity contribution < 1.29 is 14.3 Å². The van der Waals surface area contributed by atoms with Crippen molar-refractivity contribution in [3.63, 3.8) is 0 Å². The van der Waals surface area contributed by atoms with E-state index < -0.39 is 12.1 Å². The summed E-state index contributed by atoms with van der Waals surface area (Å²) in [7, 11) is 0. The Labute approximate surface area is 149 Å². The first kappa shape index (κ1) is 18.7. The maximum Gasteiger partial charge on any atom is 0.338 e. The average Bonchev–Trinajstić information content (AvgIpc) is 2.49. The fourth-order valence-corrected chi connectivity index (χ4v) is 2.98. The summed E-state index contributed by atoms with van der Waals surface area (Å²) in [5, 5.41) is 2.87. The van der Waals surface area contributed by atoms with E-state index in [-0.39, 0.29) is 5.91 Å². The van der Waals surface area contributed by atoms with Crippen LogP contribution in [0, 0.1) is 34.6 Å². The van der Waals surface area contributed by atoms with Crippen molar-refractivity contribution in [2.75, 3.05) is 5.32 Å². The minimum absolute atomic E-state index is 0.340. The van der Waals surface area contributed by atoms with Gasteiger partial charge in [-0.2, -0.15) is 0 Å². The van der Waals surface area contributed by atoms with Crippen molar-refractivity contribution in [1.82, 2.24) is 0 Å². The van der Waals surface area contributed by atoms with E-state index in [1.54, 1.807) is 19.1 Å². The Morgan fingerprint density at radius 2 is 1.32 bits per heavy atom. The second-order valence-corrected chi connectivity index (χ2v) is 6.69. The number of benzene rings is 2. The molecule has 2 rings (SSSR count). The highest BCUT2D eigenvalue weighted by molar-refractivity contribution is 5.98. The van der Waals surface area contributed by atoms with Gasteiger partial charge in [0, 0.05) is 5.69 Å². The summed E-state index contributed by atoms with van der Waals surface area (Å²) in [6, 6.07) is 9.52. The van der Waals surface area contributed by atoms with Gasteiger partial charge < -0.3 is 10.1 Å². The van der Waals surface area contributed by atoms with Gasteiger partial charge in [-0.1, -0.05) is 34.9 Å². The molecule has 0 heterocycles. The highest BCUT2D eigenvalue weighted by Crippen LogP contribution is 2.22. The third kappa shape index (κ3) is 4.69. The molecule has 132 valence electrons. The summed E-state index contributed by atoms with van der Waals surface area (Å²) in [4.78, 5) is 24.7. The van der Waals surface area contributed by atoms with Crippen molar-refractivity contribution in [1.29, 1.82) is 0 Å². The number of carbonyl (C=O) groups excluding carboxylic acids is 2. The molecule has 25 heavy (non-hydrogen) atoms. The first-order chi connectivity index (χ1) is 11.7. The standard InChI is InChI=1S/C21H25NO3/c1-12-7-13(2)11-18(10-12)21(24)25-17(6)20(23)22-19-15(4)8-14(3)9-16(19)5/h7-11,17H,1-6H3,(H,22,23)/t17-/m1/s1. The molecule has 0 spiro atoms. The van der Waals surface area contributed by atoms with E-state index in [2.05, 4.69) is 5.32 Å². The maximum absolute atomic E-state index is 12.4. The summed E-state index contributed by atoms with van der Waals surface area (Å²) in [6.45, 7) is 11.3. The largest absolute Gasteiger partial charge is 0.449 e. The van der Waals surface area contributed by atoms with Gasteiger partial charge in [0.2, 0.25) is 0 Å². The molecule has 0 radical (unpaired) electrons. The average molecular weight is 339 g/mol. The van der Waals surface area contributed by atoms with Crippen LogP contribution in [0.5, 0.6) is 0 Å². The summed E-state index contributed by atoms with van der Waals surface area (Å²) >= 11 is 0. The molecule has 1 atom stereocenters. The number of hydrogen-bond acceptors (Lipinski definition) is 3. The predicted octanol–water partition coefficient (Wildman–Crippen LogP) is 4.41. The van der Waals surface area contributed by atoms with Crippen LogP contribution in [0.2, 0.25) is 0 Å². The molecule has 1 N–H and O–H groups in total. The maximum atomic E-state index is 12.4. The Balaban J connectivity index is 2.09. The van der Waals surface area contributed by atoms with Gasteiger partial charge >= 0.3 is 5.97 Å². The van der Waals surface area contributed by atoms with Crippen LogP contribution in [-0.2, 0) is 9.53 Å². The number of nitrogens with one attached hydrogen (secondary N) is 1. The molecule has 0 aromatic heterocycles. The van der Waals surface area contributed by atoms with E-state index in [0.717, 1.165) is 33.5 Å². The van der Waals surface area contributed by atoms with E-state index in [0.29, 0.717) is 5.56 Å². The third-order valence-corrected chi connectivity index (χ3v) is 4.04. The molecule has 0 fully saturated rings. The third-order valence-electron chi connectivity index (χ3n) is 4.04. The van der Waals surface area contributed by atoms with Gasteiger partial charge in [0.1, 0.15) is 0 Å². The molecule has 0 unspecified atom stereocenters. The zero-order chi connectivity index (χ0) is 18.7. The van der Waals surface area contributed by atoms with Crippen molar-refractivity contribution in [3.8, 4) is 0 Å². The van der Waals surface area contributed by atoms with Crippen molar-refractivity contribution in [2.24, 2.45) is 0 Å². The predicted molar refractivity (Wildman–Crippen MR) is 100 cm³/mol. The van der Waals surface area contributed by atoms with E-state index in [4.69, 9.17) is 4.74 Å². The van der Waals surface area contributed by atoms with Gasteiger partial charge in [0.25, 0.3) is 5.91 Å². The molecule has 1 amide bonds. The number of amides is 1. The first-order valence-corrected chi connectivity index (χ1v) is 8.35. The minimum atomic E-state index is -0.881. The molecular weight excluding hydrogens is 314 g/mol. The normalized spacial score (nSPS) is 11.8. The lowest BCUT2D eigenvalue weighted by atomic mass is 10.0. The summed E-state index contributed by atoms with van der Waals surface area (Å²) < 4.78 is 5.33. The van der Waals surface area contributed by atoms with E-state index in [1.807, 2.05) is 52.8 Å². The van der Waals surface area contributed by atoms with Crippen LogP contribution in [0.25, 0.3) is 0 Å². The highest BCUT2D eigenvalue weighted by atomic mass is 16.5. The second-order valence-electron chi connectivity index (χ2n) is 6.69. The fourth-order valence-electron chi connectivity index (χ4n) is 2.98. The molecule has 0 aliphatic rings. The molecule has 2 aromatic carbocycles. The smallest absolute Gasteiger partial charge is 0.338 e. The van der Waals surface area contributed by atoms with Crippen molar-refractivity contribution in [3.05, 3.63) is 63.7 Å². The first-order valence-electron chi connectivity index (χ1n) is 8.35. The lowest BCUT2D eigenvalue weighted by molar-refractivity contribution is -0.123. The molecule has 2 aromatic rings. The second kappa shape index (κ2) is 7.51. The number of ether oxygens (including phenoxy) is 1. The van der Waals surface area contributed by atoms with Gasteiger partial charge in [-0.15, -0.1) is 0 Å². The Bertz CT molecular complexity index is 781. The Morgan fingerprint density at radius 1 is 0.840 bits per heavy atom. The van der Waals surface area contributed by atoms with Crippen LogP contribution in [0.4, 0.5) is 5.69 Å². The van der Waals surface area contributed by atoms with Gasteiger partial charge in [0.15, 0.2) is 6.10 Å². The molecule has 0 bridgehead atoms. The van der Waals surface area contributed by atoms with Crippen LogP contribution in [0.3, 0.4) is 0 Å². The quantitative estimate of drug-likeness (QED) is 0.839. The number of esters is 1. The molecular formula is C21H25NO3. The van der Waals surface area contributed by atoms with E-state index in [1.165, 1.54) is 0 Å². The fraction of sp³-hybridized carbons (Fsp3) is 0.333. The molecule has 0 saturated carbocycles. The summed E-state index contributed by atoms with van der Waals surface area (Å²) in [5.41, 5.74) is 6.30. The van der Waals surface area contributed by atoms with Crippen molar-refractivity contribution in [2.45, 2.75) is 47.6 Å². The molecule has 0 saturated heterocycles. The van der Waals surface area contributed by atoms with Gasteiger partial charge in [-0.05, 0) is 64.8 Å². The SMILES string of the molecule is Cc1cc(C)cc(C(=O)O[C@H](C)C(=O)Nc2c(C)cc(C)cc2C)c1. The Morgan fingerprint density at radius 3 is 1.84 bits per heavy atom. The number of aryl methyl sites for hydroxylation is 5. The molecule has 0 aliphatic heterocycles. The number of hydrogen-bond donors (Lipinski definition) is 1. The summed E-state index contributed by atoms with van der Waals surface area (Å²) in [5.74, 6) is -0.834. The number of rotatable bonds is 4. The van der Waals surface area contributed by atoms with Crippen molar-refractivity contribution >= 4 is 17.6 Å². The monoisotopic (exact) mass is 339 g/mol. The van der Waals surface area contributed by atoms with E-state index >= 15 is 0 Å². The van der Waals surface area contributed by atoms with Gasteiger partial charge in [-0.3, -0.25) is 4.79 Å². The van der Waals surface area contributed by atoms with Crippen LogP contribution in [0.15, 0.2) is 30.3 Å². The van der Waals surface area contributed by atoms with Crippen LogP contribution < -0.4 is 5.32 Å². The van der Waals surface area contributed by atoms with Gasteiger partial charge in [0.05, 0.1) is 5.56 Å². The minimum Gasteiger partial charge on any atom is -0.449 e. The topological polar surface area (TPSA) is 55.4 Å². The van der Waals surface area contributed by atoms with Crippen LogP contribution in [0.1, 0.15) is 45.1 Å². The number of carbonyl (C=O) groups is 2. The lowest BCUT2D eigenvalue weighted by Crippen LogP contribution is -2.30. The molecule has 0 aliphatic carbocycles. The lowest BCUT2D eigenvalue weighted by Gasteiger charge is -2.17. The molecule has 4 nitrogen and oxygen atoms in total. The van der Waals surface area contributed by atoms with Crippen LogP contribution in [-0.4, -0.2) is 18.0 Å². The number of anilines is 1. The van der Waals surface area contributed by atoms with E-state index in [9.17, 15) is 9.59 Å². The zero-order valence-electron chi connectivity index (χ0n) is 15.7.